The standard InChI is InChI=1S/C18H18O5/c1-4-22-16(21)18-15(20)13-8-6-5-7-12(13)14(19)17(18,23-18)10-9-11(2)3/h5-9H,4,10H2,1-3H3. The lowest BCUT2D eigenvalue weighted by Crippen LogP contribution is -2.50. The Morgan fingerprint density at radius 3 is 2.35 bits per heavy atom. The van der Waals surface area contributed by atoms with Crippen LogP contribution in [0.25, 0.3) is 0 Å². The molecule has 0 saturated carbocycles. The van der Waals surface area contributed by atoms with Crippen LogP contribution in [-0.4, -0.2) is 35.3 Å². The minimum Gasteiger partial charge on any atom is -0.463 e. The number of ether oxygens (including phenoxy) is 2. The lowest BCUT2D eigenvalue weighted by molar-refractivity contribution is -0.147. The summed E-state index contributed by atoms with van der Waals surface area (Å²) in [4.78, 5) is 38.3. The van der Waals surface area contributed by atoms with Crippen molar-refractivity contribution in [2.24, 2.45) is 0 Å². The van der Waals surface area contributed by atoms with Crippen LogP contribution in [0.4, 0.5) is 0 Å². The number of benzene rings is 1. The number of hydrogen-bond donors (Lipinski definition) is 0. The molecule has 0 radical (unpaired) electrons. The van der Waals surface area contributed by atoms with Gasteiger partial charge in [-0.05, 0) is 20.8 Å². The summed E-state index contributed by atoms with van der Waals surface area (Å²) in [6.45, 7) is 5.53. The van der Waals surface area contributed by atoms with E-state index < -0.39 is 23.0 Å². The zero-order chi connectivity index (χ0) is 16.8. The highest BCUT2D eigenvalue weighted by atomic mass is 16.7. The van der Waals surface area contributed by atoms with E-state index in [4.69, 9.17) is 9.47 Å². The molecule has 120 valence electrons. The normalized spacial score (nSPS) is 27.8. The largest absolute Gasteiger partial charge is 0.463 e. The van der Waals surface area contributed by atoms with Crippen LogP contribution in [0.5, 0.6) is 0 Å². The molecule has 1 heterocycles. The number of allylic oxidation sites excluding steroid dienone is 1. The third-order valence-corrected chi connectivity index (χ3v) is 4.32. The first kappa shape index (κ1) is 15.6. The average molecular weight is 314 g/mol. The zero-order valence-electron chi connectivity index (χ0n) is 13.3. The van der Waals surface area contributed by atoms with Gasteiger partial charge in [0, 0.05) is 17.5 Å². The smallest absolute Gasteiger partial charge is 0.350 e. The van der Waals surface area contributed by atoms with E-state index in [2.05, 4.69) is 0 Å². The van der Waals surface area contributed by atoms with Crippen molar-refractivity contribution in [2.45, 2.75) is 38.4 Å². The quantitative estimate of drug-likeness (QED) is 0.369. The second kappa shape index (κ2) is 5.13. The maximum absolute atomic E-state index is 12.9. The summed E-state index contributed by atoms with van der Waals surface area (Å²) >= 11 is 0. The van der Waals surface area contributed by atoms with Crippen LogP contribution in [0.15, 0.2) is 35.9 Å². The first-order valence-electron chi connectivity index (χ1n) is 7.60. The number of carbonyl (C=O) groups is 3. The highest BCUT2D eigenvalue weighted by Crippen LogP contribution is 2.58. The number of esters is 1. The summed E-state index contributed by atoms with van der Waals surface area (Å²) in [6.07, 6.45) is 1.98. The minimum absolute atomic E-state index is 0.117. The molecule has 1 aliphatic heterocycles. The first-order valence-corrected chi connectivity index (χ1v) is 7.60. The van der Waals surface area contributed by atoms with Gasteiger partial charge in [-0.3, -0.25) is 9.59 Å². The Labute approximate surface area is 134 Å². The van der Waals surface area contributed by atoms with Crippen molar-refractivity contribution in [3.63, 3.8) is 0 Å². The highest BCUT2D eigenvalue weighted by Gasteiger charge is 2.85. The van der Waals surface area contributed by atoms with Gasteiger partial charge in [0.05, 0.1) is 6.61 Å². The Bertz CT molecular complexity index is 744. The van der Waals surface area contributed by atoms with Crippen LogP contribution in [0.1, 0.15) is 47.9 Å². The Balaban J connectivity index is 2.15. The predicted molar refractivity (Wildman–Crippen MR) is 82.3 cm³/mol. The van der Waals surface area contributed by atoms with Crippen molar-refractivity contribution in [1.29, 1.82) is 0 Å². The number of rotatable bonds is 4. The van der Waals surface area contributed by atoms with Gasteiger partial charge in [-0.15, -0.1) is 0 Å². The lowest BCUT2D eigenvalue weighted by atomic mass is 9.72. The van der Waals surface area contributed by atoms with Crippen LogP contribution in [-0.2, 0) is 14.3 Å². The monoisotopic (exact) mass is 314 g/mol. The SMILES string of the molecule is CCOC(=O)C12OC1(CC=C(C)C)C(=O)c1ccccc1C2=O. The minimum atomic E-state index is -1.83. The predicted octanol–water partition coefficient (Wildman–Crippen LogP) is 2.49. The fourth-order valence-corrected chi connectivity index (χ4v) is 3.12. The Hall–Kier alpha value is -2.27. The van der Waals surface area contributed by atoms with E-state index in [1.807, 2.05) is 13.8 Å². The number of ketones is 2. The summed E-state index contributed by atoms with van der Waals surface area (Å²) in [7, 11) is 0. The third kappa shape index (κ3) is 1.93. The van der Waals surface area contributed by atoms with Crippen LogP contribution < -0.4 is 0 Å². The summed E-state index contributed by atoms with van der Waals surface area (Å²) in [5, 5.41) is 0. The fourth-order valence-electron chi connectivity index (χ4n) is 3.12. The number of epoxide rings is 1. The number of Topliss-reactive ketones (excluding diaryl/α,β-unsaturated/α-hetero) is 2. The molecule has 1 aromatic rings. The van der Waals surface area contributed by atoms with Crippen molar-refractivity contribution in [3.8, 4) is 0 Å². The molecule has 5 nitrogen and oxygen atoms in total. The third-order valence-electron chi connectivity index (χ3n) is 4.32. The number of hydrogen-bond acceptors (Lipinski definition) is 5. The van der Waals surface area contributed by atoms with Crippen LogP contribution >= 0.6 is 0 Å². The fraction of sp³-hybridized carbons (Fsp3) is 0.389. The molecule has 0 N–H and O–H groups in total. The van der Waals surface area contributed by atoms with Gasteiger partial charge in [0.15, 0.2) is 11.4 Å². The van der Waals surface area contributed by atoms with E-state index in [0.717, 1.165) is 5.57 Å². The molecule has 1 aromatic carbocycles. The van der Waals surface area contributed by atoms with Gasteiger partial charge >= 0.3 is 5.97 Å². The van der Waals surface area contributed by atoms with Gasteiger partial charge < -0.3 is 9.47 Å². The average Bonchev–Trinajstić information content (AvgIpc) is 3.24. The van der Waals surface area contributed by atoms with Gasteiger partial charge in [0.25, 0.3) is 5.60 Å². The molecular formula is C18H18O5. The first-order chi connectivity index (χ1) is 10.9. The van der Waals surface area contributed by atoms with Gasteiger partial charge in [0.2, 0.25) is 5.78 Å². The molecule has 3 rings (SSSR count). The Kier molecular flexibility index (Phi) is 3.48. The Morgan fingerprint density at radius 1 is 1.17 bits per heavy atom. The van der Waals surface area contributed by atoms with Crippen molar-refractivity contribution in [3.05, 3.63) is 47.0 Å². The Morgan fingerprint density at radius 2 is 1.78 bits per heavy atom. The maximum Gasteiger partial charge on any atom is 0.350 e. The molecule has 1 fully saturated rings. The molecule has 0 amide bonds. The van der Waals surface area contributed by atoms with Gasteiger partial charge in [-0.2, -0.15) is 0 Å². The molecule has 2 atom stereocenters. The van der Waals surface area contributed by atoms with E-state index >= 15 is 0 Å². The molecule has 0 aromatic heterocycles. The maximum atomic E-state index is 12.9. The summed E-state index contributed by atoms with van der Waals surface area (Å²) in [5.74, 6) is -1.61. The number of carbonyl (C=O) groups excluding carboxylic acids is 3. The molecule has 1 saturated heterocycles. The molecule has 0 bridgehead atoms. The van der Waals surface area contributed by atoms with Gasteiger partial charge in [-0.25, -0.2) is 4.79 Å². The molecule has 2 unspecified atom stereocenters. The van der Waals surface area contributed by atoms with E-state index in [-0.39, 0.29) is 24.4 Å². The van der Waals surface area contributed by atoms with E-state index in [1.54, 1.807) is 37.3 Å². The second-order valence-corrected chi connectivity index (χ2v) is 6.02. The van der Waals surface area contributed by atoms with E-state index in [0.29, 0.717) is 5.56 Å². The van der Waals surface area contributed by atoms with Gasteiger partial charge in [0.1, 0.15) is 0 Å². The second-order valence-electron chi connectivity index (χ2n) is 6.02. The van der Waals surface area contributed by atoms with Crippen LogP contribution in [0.3, 0.4) is 0 Å². The van der Waals surface area contributed by atoms with Crippen LogP contribution in [0, 0.1) is 0 Å². The van der Waals surface area contributed by atoms with E-state index in [1.165, 1.54) is 0 Å². The number of fused-ring (bicyclic) bond motifs is 2. The molecular weight excluding hydrogens is 296 g/mol. The van der Waals surface area contributed by atoms with Crippen LogP contribution in [0.2, 0.25) is 0 Å². The molecule has 2 aliphatic rings. The van der Waals surface area contributed by atoms with Crippen molar-refractivity contribution < 1.29 is 23.9 Å². The van der Waals surface area contributed by atoms with E-state index in [9.17, 15) is 14.4 Å². The van der Waals surface area contributed by atoms with Crippen molar-refractivity contribution in [1.82, 2.24) is 0 Å². The summed E-state index contributed by atoms with van der Waals surface area (Å²) in [6, 6.07) is 6.49. The molecule has 23 heavy (non-hydrogen) atoms. The summed E-state index contributed by atoms with van der Waals surface area (Å²) in [5.41, 5.74) is -1.80. The lowest BCUT2D eigenvalue weighted by Gasteiger charge is -2.23. The zero-order valence-corrected chi connectivity index (χ0v) is 13.3. The molecule has 5 heteroatoms. The highest BCUT2D eigenvalue weighted by molar-refractivity contribution is 6.32. The van der Waals surface area contributed by atoms with Gasteiger partial charge in [-0.1, -0.05) is 35.9 Å². The summed E-state index contributed by atoms with van der Waals surface area (Å²) < 4.78 is 10.6. The van der Waals surface area contributed by atoms with Crippen molar-refractivity contribution >= 4 is 17.5 Å². The molecule has 0 spiro atoms. The molecule has 1 aliphatic carbocycles. The van der Waals surface area contributed by atoms with Crippen molar-refractivity contribution in [2.75, 3.05) is 6.61 Å². The topological polar surface area (TPSA) is 73.0 Å².